The van der Waals surface area contributed by atoms with Crippen molar-refractivity contribution >= 4 is 33.4 Å². The molecule has 0 fully saturated rings. The van der Waals surface area contributed by atoms with Gasteiger partial charge in [-0.05, 0) is 30.3 Å². The van der Waals surface area contributed by atoms with Crippen LogP contribution in [0.15, 0.2) is 40.9 Å². The molecule has 2 amide bonds. The predicted octanol–water partition coefficient (Wildman–Crippen LogP) is 3.42. The van der Waals surface area contributed by atoms with E-state index in [4.69, 9.17) is 9.47 Å². The molecule has 0 aliphatic carbocycles. The molecule has 0 saturated carbocycles. The average Bonchev–Trinajstić information content (AvgIpc) is 2.61. The van der Waals surface area contributed by atoms with Gasteiger partial charge in [-0.3, -0.25) is 9.59 Å². The summed E-state index contributed by atoms with van der Waals surface area (Å²) < 4.78 is 11.4. The zero-order chi connectivity index (χ0) is 18.6. The van der Waals surface area contributed by atoms with E-state index >= 15 is 0 Å². The number of amides is 2. The Morgan fingerprint density at radius 2 is 1.56 bits per heavy atom. The number of ether oxygens (including phenoxy) is 2. The maximum atomic E-state index is 12.5. The van der Waals surface area contributed by atoms with E-state index in [2.05, 4.69) is 21.2 Å². The van der Waals surface area contributed by atoms with Crippen LogP contribution in [0.2, 0.25) is 0 Å². The average molecular weight is 407 g/mol. The van der Waals surface area contributed by atoms with Gasteiger partial charge < -0.3 is 19.7 Å². The standard InChI is InChI=1S/C18H19BrN2O4/c1-21(2)18(23)13-9-15(24-3)16(25-4)10-14(13)20-17(22)11-5-7-12(19)8-6-11/h5-10H,1-4H3,(H,20,22). The number of hydrogen-bond acceptors (Lipinski definition) is 4. The van der Waals surface area contributed by atoms with Crippen molar-refractivity contribution in [2.45, 2.75) is 0 Å². The Kier molecular flexibility index (Phi) is 6.03. The van der Waals surface area contributed by atoms with Gasteiger partial charge in [0.1, 0.15) is 0 Å². The molecule has 6 nitrogen and oxygen atoms in total. The van der Waals surface area contributed by atoms with Crippen molar-refractivity contribution in [3.63, 3.8) is 0 Å². The third-order valence-corrected chi connectivity index (χ3v) is 4.04. The number of rotatable bonds is 5. The Labute approximate surface area is 154 Å². The van der Waals surface area contributed by atoms with Crippen LogP contribution in [0.1, 0.15) is 20.7 Å². The van der Waals surface area contributed by atoms with Gasteiger partial charge in [0.15, 0.2) is 11.5 Å². The molecule has 2 aromatic rings. The molecule has 0 unspecified atom stereocenters. The Morgan fingerprint density at radius 1 is 1.00 bits per heavy atom. The first kappa shape index (κ1) is 18.8. The van der Waals surface area contributed by atoms with E-state index in [0.717, 1.165) is 4.47 Å². The van der Waals surface area contributed by atoms with Gasteiger partial charge in [0.05, 0.1) is 25.5 Å². The topological polar surface area (TPSA) is 67.9 Å². The molecule has 0 radical (unpaired) electrons. The fourth-order valence-corrected chi connectivity index (χ4v) is 2.46. The molecular formula is C18H19BrN2O4. The van der Waals surface area contributed by atoms with Crippen molar-refractivity contribution in [3.8, 4) is 11.5 Å². The SMILES string of the molecule is COc1cc(NC(=O)c2ccc(Br)cc2)c(C(=O)N(C)C)cc1OC. The molecule has 0 spiro atoms. The zero-order valence-corrected chi connectivity index (χ0v) is 16.0. The molecule has 7 heteroatoms. The van der Waals surface area contributed by atoms with E-state index in [0.29, 0.717) is 28.3 Å². The van der Waals surface area contributed by atoms with Gasteiger partial charge >= 0.3 is 0 Å². The van der Waals surface area contributed by atoms with Gasteiger partial charge in [0, 0.05) is 30.2 Å². The normalized spacial score (nSPS) is 10.1. The summed E-state index contributed by atoms with van der Waals surface area (Å²) in [7, 11) is 6.26. The highest BCUT2D eigenvalue weighted by Gasteiger charge is 2.20. The van der Waals surface area contributed by atoms with Crippen molar-refractivity contribution in [1.82, 2.24) is 4.90 Å². The molecular weight excluding hydrogens is 388 g/mol. The largest absolute Gasteiger partial charge is 0.493 e. The molecule has 0 aromatic heterocycles. The van der Waals surface area contributed by atoms with Crippen molar-refractivity contribution in [3.05, 3.63) is 52.0 Å². The summed E-state index contributed by atoms with van der Waals surface area (Å²) >= 11 is 3.33. The molecule has 25 heavy (non-hydrogen) atoms. The molecule has 0 saturated heterocycles. The lowest BCUT2D eigenvalue weighted by molar-refractivity contribution is 0.0828. The van der Waals surface area contributed by atoms with Gasteiger partial charge in [-0.15, -0.1) is 0 Å². The van der Waals surface area contributed by atoms with Crippen molar-refractivity contribution in [2.24, 2.45) is 0 Å². The van der Waals surface area contributed by atoms with Gasteiger partial charge in [-0.2, -0.15) is 0 Å². The molecule has 2 rings (SSSR count). The van der Waals surface area contributed by atoms with Crippen LogP contribution >= 0.6 is 15.9 Å². The van der Waals surface area contributed by atoms with Crippen LogP contribution in [0.5, 0.6) is 11.5 Å². The molecule has 0 aliphatic heterocycles. The van der Waals surface area contributed by atoms with Crippen LogP contribution in [-0.2, 0) is 0 Å². The van der Waals surface area contributed by atoms with E-state index in [-0.39, 0.29) is 11.8 Å². The van der Waals surface area contributed by atoms with Gasteiger partial charge in [-0.25, -0.2) is 0 Å². The number of carbonyl (C=O) groups is 2. The number of methoxy groups -OCH3 is 2. The number of anilines is 1. The smallest absolute Gasteiger partial charge is 0.255 e. The lowest BCUT2D eigenvalue weighted by Crippen LogP contribution is -2.24. The Morgan fingerprint density at radius 3 is 2.08 bits per heavy atom. The fraction of sp³-hybridized carbons (Fsp3) is 0.222. The summed E-state index contributed by atoms with van der Waals surface area (Å²) in [5.74, 6) is 0.248. The number of benzene rings is 2. The third-order valence-electron chi connectivity index (χ3n) is 3.51. The summed E-state index contributed by atoms with van der Waals surface area (Å²) in [5, 5.41) is 2.77. The van der Waals surface area contributed by atoms with Crippen LogP contribution in [-0.4, -0.2) is 45.0 Å². The molecule has 0 heterocycles. The summed E-state index contributed by atoms with van der Waals surface area (Å²) in [4.78, 5) is 26.4. The number of hydrogen-bond donors (Lipinski definition) is 1. The van der Waals surface area contributed by atoms with Crippen LogP contribution in [0.25, 0.3) is 0 Å². The van der Waals surface area contributed by atoms with Crippen LogP contribution in [0, 0.1) is 0 Å². The minimum Gasteiger partial charge on any atom is -0.493 e. The van der Waals surface area contributed by atoms with Gasteiger partial charge in [0.2, 0.25) is 0 Å². The van der Waals surface area contributed by atoms with Crippen molar-refractivity contribution in [2.75, 3.05) is 33.6 Å². The van der Waals surface area contributed by atoms with E-state index in [1.165, 1.54) is 19.1 Å². The second kappa shape index (κ2) is 8.02. The first-order valence-electron chi connectivity index (χ1n) is 7.42. The first-order chi connectivity index (χ1) is 11.9. The Hall–Kier alpha value is -2.54. The number of nitrogens with one attached hydrogen (secondary N) is 1. The Bertz CT molecular complexity index is 788. The first-order valence-corrected chi connectivity index (χ1v) is 8.21. The highest BCUT2D eigenvalue weighted by Crippen LogP contribution is 2.34. The number of carbonyl (C=O) groups excluding carboxylic acids is 2. The fourth-order valence-electron chi connectivity index (χ4n) is 2.20. The second-order valence-electron chi connectivity index (χ2n) is 5.41. The van der Waals surface area contributed by atoms with E-state index in [1.807, 2.05) is 0 Å². The summed E-state index contributed by atoms with van der Waals surface area (Å²) in [5.41, 5.74) is 1.14. The molecule has 2 aromatic carbocycles. The highest BCUT2D eigenvalue weighted by atomic mass is 79.9. The van der Waals surface area contributed by atoms with E-state index in [1.54, 1.807) is 50.5 Å². The Balaban J connectivity index is 2.45. The summed E-state index contributed by atoms with van der Waals surface area (Å²) in [6, 6.07) is 10.1. The number of halogens is 1. The summed E-state index contributed by atoms with van der Waals surface area (Å²) in [6.07, 6.45) is 0. The zero-order valence-electron chi connectivity index (χ0n) is 14.4. The lowest BCUT2D eigenvalue weighted by Gasteiger charge is -2.18. The molecule has 132 valence electrons. The van der Waals surface area contributed by atoms with Crippen molar-refractivity contribution in [1.29, 1.82) is 0 Å². The van der Waals surface area contributed by atoms with Crippen LogP contribution in [0.3, 0.4) is 0 Å². The minimum absolute atomic E-state index is 0.257. The third kappa shape index (κ3) is 4.30. The monoisotopic (exact) mass is 406 g/mol. The maximum absolute atomic E-state index is 12.5. The molecule has 0 bridgehead atoms. The van der Waals surface area contributed by atoms with Crippen LogP contribution < -0.4 is 14.8 Å². The van der Waals surface area contributed by atoms with E-state index in [9.17, 15) is 9.59 Å². The number of nitrogens with zero attached hydrogens (tertiary/aromatic N) is 1. The van der Waals surface area contributed by atoms with Crippen LogP contribution in [0.4, 0.5) is 5.69 Å². The lowest BCUT2D eigenvalue weighted by atomic mass is 10.1. The second-order valence-corrected chi connectivity index (χ2v) is 6.33. The minimum atomic E-state index is -0.326. The quantitative estimate of drug-likeness (QED) is 0.825. The van der Waals surface area contributed by atoms with Gasteiger partial charge in [0.25, 0.3) is 11.8 Å². The van der Waals surface area contributed by atoms with Crippen molar-refractivity contribution < 1.29 is 19.1 Å². The van der Waals surface area contributed by atoms with Gasteiger partial charge in [-0.1, -0.05) is 15.9 Å². The molecule has 0 atom stereocenters. The molecule has 0 aliphatic rings. The van der Waals surface area contributed by atoms with E-state index < -0.39 is 0 Å². The maximum Gasteiger partial charge on any atom is 0.255 e. The highest BCUT2D eigenvalue weighted by molar-refractivity contribution is 9.10. The summed E-state index contributed by atoms with van der Waals surface area (Å²) in [6.45, 7) is 0. The predicted molar refractivity (Wildman–Crippen MR) is 99.7 cm³/mol. The molecule has 1 N–H and O–H groups in total.